The number of nitrogens with one attached hydrogen (secondary N) is 1. The molecule has 18 heteroatoms. The summed E-state index contributed by atoms with van der Waals surface area (Å²) in [6, 6.07) is -0.863. The van der Waals surface area contributed by atoms with Crippen molar-refractivity contribution in [2.45, 2.75) is 37.0 Å². The summed E-state index contributed by atoms with van der Waals surface area (Å²) >= 11 is 0. The molecule has 4 rings (SSSR count). The van der Waals surface area contributed by atoms with Crippen LogP contribution in [0.4, 0.5) is 0 Å². The number of aliphatic hydroxyl groups is 2. The van der Waals surface area contributed by atoms with Crippen molar-refractivity contribution in [3.8, 4) is 5.88 Å². The summed E-state index contributed by atoms with van der Waals surface area (Å²) < 4.78 is 21.6. The number of ether oxygens (including phenoxy) is 1. The van der Waals surface area contributed by atoms with Crippen molar-refractivity contribution in [1.29, 1.82) is 0 Å². The molecule has 9 N–H and O–H groups in total. The molecule has 186 valence electrons. The first-order chi connectivity index (χ1) is 16.0. The van der Waals surface area contributed by atoms with E-state index in [0.717, 1.165) is 6.33 Å². The number of phosphoric ester groups is 1. The van der Waals surface area contributed by atoms with Gasteiger partial charge in [0.1, 0.15) is 30.7 Å². The molecule has 17 nitrogen and oxygen atoms in total. The Morgan fingerprint density at radius 2 is 2.00 bits per heavy atom. The first-order valence-corrected chi connectivity index (χ1v) is 11.0. The molecule has 4 heterocycles. The normalized spacial score (nSPS) is 23.4. The molecule has 0 amide bonds. The van der Waals surface area contributed by atoms with Gasteiger partial charge < -0.3 is 45.7 Å². The zero-order chi connectivity index (χ0) is 25.0. The molecule has 0 unspecified atom stereocenters. The lowest BCUT2D eigenvalue weighted by molar-refractivity contribution is -0.138. The summed E-state index contributed by atoms with van der Waals surface area (Å²) in [7, 11) is -4.74. The Balaban J connectivity index is 0.000000248. The standard InChI is InChI=1S/C10H13N4O8P.C6H9N3O2/c15-6-4(1-21-23(18,19)20)22-10(7(6)16)14-3-13-5-8(14)11-2-12-9(5)17;7-5(6(10)11)1-4-2-8-3-9-4/h2-4,6-7,10,15-16H,1H2,(H,11,12,17)(H2,18,19,20);2-3,5H,1,7H2,(H,8,9)(H,10,11)/t4-,6-,7-,10-;5-/m10/s1. The molecule has 3 aromatic heterocycles. The lowest BCUT2D eigenvalue weighted by atomic mass is 10.1. The van der Waals surface area contributed by atoms with Crippen molar-refractivity contribution < 1.29 is 48.8 Å². The quantitative estimate of drug-likeness (QED) is 0.156. The molecule has 1 saturated heterocycles. The summed E-state index contributed by atoms with van der Waals surface area (Å²) in [6.45, 7) is -0.619. The number of nitrogens with zero attached hydrogens (tertiary/aromatic N) is 5. The number of nitrogens with two attached hydrogens (primary N) is 1. The predicted molar refractivity (Wildman–Crippen MR) is 109 cm³/mol. The van der Waals surface area contributed by atoms with E-state index in [4.69, 9.17) is 25.4 Å². The molecule has 0 spiro atoms. The first kappa shape index (κ1) is 25.6. The summed E-state index contributed by atoms with van der Waals surface area (Å²) in [4.78, 5) is 45.6. The Kier molecular flexibility index (Phi) is 7.90. The number of aliphatic carboxylic acids is 1. The minimum absolute atomic E-state index is 0.0766. The number of H-pyrrole nitrogens is 1. The summed E-state index contributed by atoms with van der Waals surface area (Å²) in [5.74, 6) is -1.36. The van der Waals surface area contributed by atoms with Gasteiger partial charge in [-0.05, 0) is 0 Å². The number of carboxylic acid groups (broad SMARTS) is 1. The van der Waals surface area contributed by atoms with Crippen molar-refractivity contribution in [3.05, 3.63) is 30.9 Å². The van der Waals surface area contributed by atoms with Crippen LogP contribution in [0.15, 0.2) is 25.2 Å². The fourth-order valence-corrected chi connectivity index (χ4v) is 3.35. The number of aromatic hydroxyl groups is 1. The maximum atomic E-state index is 10.7. The van der Waals surface area contributed by atoms with Crippen molar-refractivity contribution in [3.63, 3.8) is 0 Å². The minimum Gasteiger partial charge on any atom is -0.492 e. The Morgan fingerprint density at radius 1 is 1.26 bits per heavy atom. The van der Waals surface area contributed by atoms with Gasteiger partial charge in [-0.15, -0.1) is 0 Å². The van der Waals surface area contributed by atoms with Gasteiger partial charge in [0.2, 0.25) is 5.88 Å². The van der Waals surface area contributed by atoms with E-state index in [1.165, 1.54) is 17.2 Å². The van der Waals surface area contributed by atoms with Gasteiger partial charge in [0, 0.05) is 12.6 Å². The van der Waals surface area contributed by atoms with Crippen molar-refractivity contribution in [2.75, 3.05) is 6.61 Å². The molecule has 0 radical (unpaired) electrons. The second-order valence-corrected chi connectivity index (χ2v) is 8.30. The smallest absolute Gasteiger partial charge is 0.469 e. The van der Waals surface area contributed by atoms with Crippen LogP contribution in [0.25, 0.3) is 11.2 Å². The van der Waals surface area contributed by atoms with E-state index < -0.39 is 51.0 Å². The Hall–Kier alpha value is -3.02. The number of hydrogen-bond donors (Lipinski definition) is 8. The average molecular weight is 503 g/mol. The van der Waals surface area contributed by atoms with Crippen LogP contribution in [0.3, 0.4) is 0 Å². The zero-order valence-electron chi connectivity index (χ0n) is 17.2. The van der Waals surface area contributed by atoms with E-state index in [9.17, 15) is 24.7 Å². The first-order valence-electron chi connectivity index (χ1n) is 9.52. The van der Waals surface area contributed by atoms with E-state index in [1.54, 1.807) is 6.20 Å². The molecule has 0 aromatic carbocycles. The number of imidazole rings is 2. The molecular weight excluding hydrogens is 481 g/mol. The minimum atomic E-state index is -4.74. The van der Waals surface area contributed by atoms with E-state index in [-0.39, 0.29) is 23.5 Å². The van der Waals surface area contributed by atoms with Gasteiger partial charge in [0.15, 0.2) is 17.4 Å². The molecule has 0 saturated carbocycles. The number of fused-ring (bicyclic) bond motifs is 1. The molecule has 0 bridgehead atoms. The highest BCUT2D eigenvalue weighted by molar-refractivity contribution is 7.46. The molecule has 1 fully saturated rings. The molecule has 5 atom stereocenters. The Labute approximate surface area is 190 Å². The SMILES string of the molecule is N[C@@H](Cc1c[nH]cn1)C(=O)O.O=P(O)(O)OC[C@H]1O[C@@H](n2cnc3c(O)ncnc32)[C@H](O)[C@@H]1O. The lowest BCUT2D eigenvalue weighted by Crippen LogP contribution is -2.33. The monoisotopic (exact) mass is 503 g/mol. The summed E-state index contributed by atoms with van der Waals surface area (Å²) in [6.07, 6.45) is 0.527. The zero-order valence-corrected chi connectivity index (χ0v) is 18.1. The molecule has 0 aliphatic carbocycles. The van der Waals surface area contributed by atoms with Crippen LogP contribution in [0.2, 0.25) is 0 Å². The fraction of sp³-hybridized carbons (Fsp3) is 0.438. The third kappa shape index (κ3) is 6.10. The van der Waals surface area contributed by atoms with Crippen LogP contribution < -0.4 is 5.73 Å². The average Bonchev–Trinajstić information content (AvgIpc) is 3.48. The number of carboxylic acids is 1. The van der Waals surface area contributed by atoms with Crippen molar-refractivity contribution >= 4 is 25.0 Å². The largest absolute Gasteiger partial charge is 0.492 e. The number of hydrogen-bond acceptors (Lipinski definition) is 12. The van der Waals surface area contributed by atoms with Gasteiger partial charge in [0.05, 0.1) is 25.0 Å². The van der Waals surface area contributed by atoms with Gasteiger partial charge in [-0.2, -0.15) is 4.98 Å². The molecule has 1 aliphatic rings. The third-order valence-corrected chi connectivity index (χ3v) is 5.14. The number of aromatic nitrogens is 6. The van der Waals surface area contributed by atoms with Gasteiger partial charge in [-0.3, -0.25) is 13.9 Å². The Morgan fingerprint density at radius 3 is 2.62 bits per heavy atom. The number of aliphatic hydroxyl groups excluding tert-OH is 2. The molecular formula is C16H22N7O10P. The highest BCUT2D eigenvalue weighted by atomic mass is 31.2. The topological polar surface area (TPSA) is 272 Å². The van der Waals surface area contributed by atoms with Crippen LogP contribution in [0, 0.1) is 0 Å². The van der Waals surface area contributed by atoms with Crippen molar-refractivity contribution in [1.82, 2.24) is 29.5 Å². The summed E-state index contributed by atoms with van der Waals surface area (Å²) in [5.41, 5.74) is 6.16. The van der Waals surface area contributed by atoms with Gasteiger partial charge in [-0.1, -0.05) is 0 Å². The van der Waals surface area contributed by atoms with Crippen LogP contribution in [-0.4, -0.2) is 96.6 Å². The third-order valence-electron chi connectivity index (χ3n) is 4.66. The van der Waals surface area contributed by atoms with Gasteiger partial charge in [-0.25, -0.2) is 19.5 Å². The Bertz CT molecular complexity index is 1150. The molecule has 3 aromatic rings. The fourth-order valence-electron chi connectivity index (χ4n) is 3.01. The van der Waals surface area contributed by atoms with Crippen LogP contribution in [0.1, 0.15) is 11.9 Å². The number of rotatable bonds is 7. The summed E-state index contributed by atoms with van der Waals surface area (Å²) in [5, 5.41) is 38.0. The number of phosphoric acid groups is 1. The molecule has 34 heavy (non-hydrogen) atoms. The van der Waals surface area contributed by atoms with E-state index in [2.05, 4.69) is 29.4 Å². The van der Waals surface area contributed by atoms with Crippen molar-refractivity contribution in [2.24, 2.45) is 5.73 Å². The maximum Gasteiger partial charge on any atom is 0.469 e. The second-order valence-electron chi connectivity index (χ2n) is 7.06. The van der Waals surface area contributed by atoms with Crippen LogP contribution in [-0.2, 0) is 25.0 Å². The van der Waals surface area contributed by atoms with E-state index >= 15 is 0 Å². The van der Waals surface area contributed by atoms with Crippen LogP contribution >= 0.6 is 7.82 Å². The second kappa shape index (κ2) is 10.5. The highest BCUT2D eigenvalue weighted by Gasteiger charge is 2.45. The lowest BCUT2D eigenvalue weighted by Gasteiger charge is -2.16. The number of aromatic amines is 1. The van der Waals surface area contributed by atoms with E-state index in [0.29, 0.717) is 5.69 Å². The van der Waals surface area contributed by atoms with Gasteiger partial charge >= 0.3 is 13.8 Å². The number of carbonyl (C=O) groups is 1. The van der Waals surface area contributed by atoms with E-state index in [1.807, 2.05) is 0 Å². The van der Waals surface area contributed by atoms with Gasteiger partial charge in [0.25, 0.3) is 0 Å². The predicted octanol–water partition coefficient (Wildman–Crippen LogP) is -2.38. The van der Waals surface area contributed by atoms with Crippen LogP contribution in [0.5, 0.6) is 5.88 Å². The highest BCUT2D eigenvalue weighted by Crippen LogP contribution is 2.38. The maximum absolute atomic E-state index is 10.7. The molecule has 1 aliphatic heterocycles.